The zero-order valence-corrected chi connectivity index (χ0v) is 16.4. The van der Waals surface area contributed by atoms with Crippen molar-refractivity contribution in [3.8, 4) is 11.5 Å². The van der Waals surface area contributed by atoms with Gasteiger partial charge in [-0.25, -0.2) is 9.18 Å². The third-order valence-corrected chi connectivity index (χ3v) is 5.50. The van der Waals surface area contributed by atoms with Gasteiger partial charge in [-0.1, -0.05) is 42.5 Å². The Morgan fingerprint density at radius 1 is 0.967 bits per heavy atom. The molecule has 0 aliphatic rings. The first-order valence-corrected chi connectivity index (χ1v) is 9.83. The number of carboxylic acids is 1. The predicted octanol–water partition coefficient (Wildman–Crippen LogP) is 6.16. The molecule has 0 unspecified atom stereocenters. The smallest absolute Gasteiger partial charge is 0.328 e. The normalized spacial score (nSPS) is 11.1. The van der Waals surface area contributed by atoms with E-state index in [4.69, 9.17) is 9.84 Å². The Morgan fingerprint density at radius 3 is 2.40 bits per heavy atom. The van der Waals surface area contributed by atoms with Crippen molar-refractivity contribution >= 4 is 39.3 Å². The molecule has 4 rings (SSSR count). The summed E-state index contributed by atoms with van der Waals surface area (Å²) in [5, 5.41) is 9.38. The fourth-order valence-electron chi connectivity index (χ4n) is 2.95. The van der Waals surface area contributed by atoms with Crippen LogP contribution < -0.4 is 4.74 Å². The van der Waals surface area contributed by atoms with Gasteiger partial charge in [0.1, 0.15) is 16.4 Å². The minimum Gasteiger partial charge on any atom is -0.478 e. The molecular formula is C24H15FO4S. The van der Waals surface area contributed by atoms with E-state index in [0.29, 0.717) is 37.6 Å². The van der Waals surface area contributed by atoms with Crippen molar-refractivity contribution < 1.29 is 23.8 Å². The largest absolute Gasteiger partial charge is 0.478 e. The maximum absolute atomic E-state index is 13.7. The van der Waals surface area contributed by atoms with Gasteiger partial charge in [-0.05, 0) is 42.0 Å². The van der Waals surface area contributed by atoms with E-state index in [2.05, 4.69) is 0 Å². The summed E-state index contributed by atoms with van der Waals surface area (Å²) in [6, 6.07) is 19.9. The Morgan fingerprint density at radius 2 is 1.70 bits per heavy atom. The van der Waals surface area contributed by atoms with Crippen LogP contribution in [0.1, 0.15) is 20.8 Å². The topological polar surface area (TPSA) is 63.6 Å². The highest BCUT2D eigenvalue weighted by molar-refractivity contribution is 7.21. The molecule has 1 N–H and O–H groups in total. The van der Waals surface area contributed by atoms with E-state index in [1.165, 1.54) is 29.5 Å². The Bertz CT molecular complexity index is 1260. The van der Waals surface area contributed by atoms with Gasteiger partial charge in [0, 0.05) is 21.7 Å². The second kappa shape index (κ2) is 8.31. The van der Waals surface area contributed by atoms with Crippen molar-refractivity contribution in [3.05, 3.63) is 101 Å². The molecule has 0 fully saturated rings. The molecule has 6 heteroatoms. The molecule has 1 heterocycles. The number of aliphatic carboxylic acids is 1. The summed E-state index contributed by atoms with van der Waals surface area (Å²) in [5.41, 5.74) is 1.21. The number of carboxylic acid groups (broad SMARTS) is 1. The maximum Gasteiger partial charge on any atom is 0.328 e. The molecule has 0 aliphatic carbocycles. The average molecular weight is 418 g/mol. The molecule has 30 heavy (non-hydrogen) atoms. The first-order valence-electron chi connectivity index (χ1n) is 9.02. The Balaban J connectivity index is 1.74. The molecule has 148 valence electrons. The van der Waals surface area contributed by atoms with E-state index in [1.54, 1.807) is 54.6 Å². The third kappa shape index (κ3) is 4.14. The van der Waals surface area contributed by atoms with E-state index in [9.17, 15) is 14.0 Å². The molecule has 1 aromatic heterocycles. The number of carbonyl (C=O) groups is 2. The van der Waals surface area contributed by atoms with Gasteiger partial charge in [0.25, 0.3) is 0 Å². The van der Waals surface area contributed by atoms with Gasteiger partial charge in [-0.15, -0.1) is 11.3 Å². The molecule has 0 bridgehead atoms. The summed E-state index contributed by atoms with van der Waals surface area (Å²) in [6.07, 6.45) is 2.52. The standard InChI is InChI=1S/C24H15FO4S/c25-17-9-12-19-20(14-17)30-24(22(28)16-4-2-1-3-5-16)23(19)29-18-10-6-15(7-11-18)8-13-21(26)27/h1-14H,(H,26,27). The van der Waals surface area contributed by atoms with Crippen LogP contribution in [0.15, 0.2) is 78.9 Å². The lowest BCUT2D eigenvalue weighted by molar-refractivity contribution is -0.131. The van der Waals surface area contributed by atoms with Crippen molar-refractivity contribution in [1.29, 1.82) is 0 Å². The lowest BCUT2D eigenvalue weighted by Crippen LogP contribution is -2.00. The number of benzene rings is 3. The fourth-order valence-corrected chi connectivity index (χ4v) is 4.07. The first kappa shape index (κ1) is 19.5. The highest BCUT2D eigenvalue weighted by Gasteiger charge is 2.22. The van der Waals surface area contributed by atoms with Crippen molar-refractivity contribution in [1.82, 2.24) is 0 Å². The number of carbonyl (C=O) groups excluding carboxylic acids is 1. The summed E-state index contributed by atoms with van der Waals surface area (Å²) >= 11 is 1.18. The van der Waals surface area contributed by atoms with Crippen LogP contribution in [0.5, 0.6) is 11.5 Å². The van der Waals surface area contributed by atoms with Crippen LogP contribution in [0, 0.1) is 5.82 Å². The molecule has 0 atom stereocenters. The van der Waals surface area contributed by atoms with Crippen LogP contribution in [-0.2, 0) is 4.79 Å². The number of hydrogen-bond donors (Lipinski definition) is 1. The molecule has 3 aromatic carbocycles. The molecule has 0 radical (unpaired) electrons. The minimum absolute atomic E-state index is 0.201. The molecule has 4 aromatic rings. The highest BCUT2D eigenvalue weighted by Crippen LogP contribution is 2.41. The molecule has 0 spiro atoms. The summed E-state index contributed by atoms with van der Waals surface area (Å²) in [6.45, 7) is 0. The average Bonchev–Trinajstić information content (AvgIpc) is 3.10. The molecule has 0 amide bonds. The molecule has 0 aliphatic heterocycles. The SMILES string of the molecule is O=C(O)C=Cc1ccc(Oc2c(C(=O)c3ccccc3)sc3cc(F)ccc23)cc1. The van der Waals surface area contributed by atoms with Crippen LogP contribution in [0.25, 0.3) is 16.2 Å². The number of hydrogen-bond acceptors (Lipinski definition) is 4. The lowest BCUT2D eigenvalue weighted by Gasteiger charge is -2.08. The van der Waals surface area contributed by atoms with Crippen LogP contribution in [0.3, 0.4) is 0 Å². The Hall–Kier alpha value is -3.77. The van der Waals surface area contributed by atoms with Crippen LogP contribution in [0.4, 0.5) is 4.39 Å². The van der Waals surface area contributed by atoms with E-state index in [-0.39, 0.29) is 11.6 Å². The summed E-state index contributed by atoms with van der Waals surface area (Å²) in [5.74, 6) is -0.764. The number of thiophene rings is 1. The molecular weight excluding hydrogens is 403 g/mol. The quantitative estimate of drug-likeness (QED) is 0.301. The van der Waals surface area contributed by atoms with E-state index >= 15 is 0 Å². The van der Waals surface area contributed by atoms with Crippen molar-refractivity contribution in [2.45, 2.75) is 0 Å². The first-order chi connectivity index (χ1) is 14.5. The lowest BCUT2D eigenvalue weighted by atomic mass is 10.1. The van der Waals surface area contributed by atoms with E-state index < -0.39 is 5.97 Å². The van der Waals surface area contributed by atoms with Gasteiger partial charge < -0.3 is 9.84 Å². The molecule has 0 saturated carbocycles. The van der Waals surface area contributed by atoms with Gasteiger partial charge in [0.15, 0.2) is 5.75 Å². The van der Waals surface area contributed by atoms with Crippen molar-refractivity contribution in [2.75, 3.05) is 0 Å². The number of rotatable bonds is 6. The summed E-state index contributed by atoms with van der Waals surface area (Å²) in [7, 11) is 0. The second-order valence-corrected chi connectivity index (χ2v) is 7.49. The van der Waals surface area contributed by atoms with Crippen LogP contribution >= 0.6 is 11.3 Å². The number of halogens is 1. The minimum atomic E-state index is -1.03. The molecule has 0 saturated heterocycles. The van der Waals surface area contributed by atoms with Gasteiger partial charge >= 0.3 is 5.97 Å². The Labute approximate surface area is 175 Å². The van der Waals surface area contributed by atoms with Gasteiger partial charge in [-0.2, -0.15) is 0 Å². The monoisotopic (exact) mass is 418 g/mol. The van der Waals surface area contributed by atoms with Crippen molar-refractivity contribution in [2.24, 2.45) is 0 Å². The van der Waals surface area contributed by atoms with E-state index in [1.807, 2.05) is 6.07 Å². The number of ketones is 1. The van der Waals surface area contributed by atoms with Crippen LogP contribution in [-0.4, -0.2) is 16.9 Å². The Kier molecular flexibility index (Phi) is 5.41. The van der Waals surface area contributed by atoms with Gasteiger partial charge in [-0.3, -0.25) is 4.79 Å². The predicted molar refractivity (Wildman–Crippen MR) is 115 cm³/mol. The zero-order valence-electron chi connectivity index (χ0n) is 15.5. The van der Waals surface area contributed by atoms with Crippen LogP contribution in [0.2, 0.25) is 0 Å². The van der Waals surface area contributed by atoms with Gasteiger partial charge in [0.05, 0.1) is 0 Å². The van der Waals surface area contributed by atoms with Crippen molar-refractivity contribution in [3.63, 3.8) is 0 Å². The molecule has 4 nitrogen and oxygen atoms in total. The highest BCUT2D eigenvalue weighted by atomic mass is 32.1. The summed E-state index contributed by atoms with van der Waals surface area (Å²) < 4.78 is 20.4. The summed E-state index contributed by atoms with van der Waals surface area (Å²) in [4.78, 5) is 24.1. The fraction of sp³-hybridized carbons (Fsp3) is 0. The number of fused-ring (bicyclic) bond motifs is 1. The zero-order chi connectivity index (χ0) is 21.1. The third-order valence-electron chi connectivity index (χ3n) is 4.37. The second-order valence-electron chi connectivity index (χ2n) is 6.44. The van der Waals surface area contributed by atoms with E-state index in [0.717, 1.165) is 6.08 Å². The number of ether oxygens (including phenoxy) is 1. The maximum atomic E-state index is 13.7. The van der Waals surface area contributed by atoms with Gasteiger partial charge in [0.2, 0.25) is 5.78 Å².